The molecule has 1 aromatic carbocycles. The van der Waals surface area contributed by atoms with E-state index in [4.69, 9.17) is 10.3 Å². The van der Waals surface area contributed by atoms with Crippen molar-refractivity contribution in [1.29, 1.82) is 0 Å². The molecular formula is C20H29N3O. The molecule has 0 radical (unpaired) electrons. The molecule has 130 valence electrons. The second-order valence-corrected chi connectivity index (χ2v) is 7.78. The van der Waals surface area contributed by atoms with E-state index < -0.39 is 0 Å². The van der Waals surface area contributed by atoms with Gasteiger partial charge in [0.25, 0.3) is 0 Å². The molecule has 1 aromatic rings. The summed E-state index contributed by atoms with van der Waals surface area (Å²) >= 11 is 0. The van der Waals surface area contributed by atoms with Gasteiger partial charge in [-0.3, -0.25) is 0 Å². The average molecular weight is 327 g/mol. The van der Waals surface area contributed by atoms with E-state index in [9.17, 15) is 0 Å². The fraction of sp³-hybridized carbons (Fsp3) is 0.600. The number of hydrogen-bond donors (Lipinski definition) is 0. The zero-order chi connectivity index (χ0) is 17.6. The highest BCUT2D eigenvalue weighted by Crippen LogP contribution is 2.50. The molecule has 0 spiro atoms. The van der Waals surface area contributed by atoms with E-state index in [1.165, 1.54) is 5.56 Å². The number of azide groups is 1. The third-order valence-electron chi connectivity index (χ3n) is 5.35. The predicted octanol–water partition coefficient (Wildman–Crippen LogP) is 6.00. The second-order valence-electron chi connectivity index (χ2n) is 7.78. The Bertz CT molecular complexity index is 612. The molecule has 0 N–H and O–H groups in total. The highest BCUT2D eigenvalue weighted by molar-refractivity contribution is 5.36. The van der Waals surface area contributed by atoms with Crippen LogP contribution in [0.3, 0.4) is 0 Å². The van der Waals surface area contributed by atoms with Crippen molar-refractivity contribution >= 4 is 0 Å². The first kappa shape index (κ1) is 18.4. The summed E-state index contributed by atoms with van der Waals surface area (Å²) in [6, 6.07) is 10.6. The van der Waals surface area contributed by atoms with E-state index in [1.807, 2.05) is 0 Å². The van der Waals surface area contributed by atoms with Crippen LogP contribution in [0.5, 0.6) is 0 Å². The van der Waals surface area contributed by atoms with Crippen molar-refractivity contribution in [2.45, 2.75) is 51.9 Å². The van der Waals surface area contributed by atoms with E-state index >= 15 is 0 Å². The quantitative estimate of drug-likeness (QED) is 0.273. The van der Waals surface area contributed by atoms with E-state index in [2.05, 4.69) is 67.2 Å². The van der Waals surface area contributed by atoms with Crippen LogP contribution in [0.25, 0.3) is 10.4 Å². The van der Waals surface area contributed by atoms with Gasteiger partial charge >= 0.3 is 0 Å². The Labute approximate surface area is 145 Å². The summed E-state index contributed by atoms with van der Waals surface area (Å²) in [7, 11) is 1.77. The first-order valence-corrected chi connectivity index (χ1v) is 8.75. The number of hydrogen-bond acceptors (Lipinski definition) is 2. The number of benzene rings is 1. The van der Waals surface area contributed by atoms with E-state index in [0.717, 1.165) is 31.4 Å². The van der Waals surface area contributed by atoms with Crippen molar-refractivity contribution in [3.05, 3.63) is 58.2 Å². The Morgan fingerprint density at radius 2 is 2.00 bits per heavy atom. The van der Waals surface area contributed by atoms with Crippen molar-refractivity contribution < 1.29 is 4.74 Å². The lowest BCUT2D eigenvalue weighted by Crippen LogP contribution is -2.39. The van der Waals surface area contributed by atoms with Gasteiger partial charge in [0.1, 0.15) is 5.76 Å². The lowest BCUT2D eigenvalue weighted by molar-refractivity contribution is 0.120. The van der Waals surface area contributed by atoms with Gasteiger partial charge in [-0.1, -0.05) is 56.2 Å². The molecular weight excluding hydrogens is 298 g/mol. The number of ether oxygens (including phenoxy) is 1. The van der Waals surface area contributed by atoms with Gasteiger partial charge in [-0.25, -0.2) is 0 Å². The molecule has 0 unspecified atom stereocenters. The van der Waals surface area contributed by atoms with Crippen LogP contribution in [0.1, 0.15) is 52.0 Å². The maximum Gasteiger partial charge on any atom is 0.102 e. The van der Waals surface area contributed by atoms with Crippen LogP contribution in [-0.2, 0) is 10.2 Å². The number of rotatable bonds is 6. The Hall–Kier alpha value is -1.93. The standard InChI is InChI=1S/C20H29N3O/c1-19(2,3)17-11-12-18(24-4)20(15-17,13-8-14-22-23-21)16-9-6-5-7-10-16/h5-7,9-10,12,17H,8,11,13-15H2,1-4H3/t17-,20+/m0/s1. The van der Waals surface area contributed by atoms with Crippen LogP contribution >= 0.6 is 0 Å². The molecule has 0 amide bonds. The topological polar surface area (TPSA) is 58.0 Å². The van der Waals surface area contributed by atoms with Gasteiger partial charge in [0, 0.05) is 11.5 Å². The molecule has 1 aliphatic rings. The maximum atomic E-state index is 8.55. The number of nitrogens with zero attached hydrogens (tertiary/aromatic N) is 3. The van der Waals surface area contributed by atoms with Crippen molar-refractivity contribution in [2.75, 3.05) is 13.7 Å². The minimum Gasteiger partial charge on any atom is -0.500 e. The fourth-order valence-corrected chi connectivity index (χ4v) is 3.87. The Kier molecular flexibility index (Phi) is 5.95. The molecule has 2 rings (SSSR count). The van der Waals surface area contributed by atoms with Gasteiger partial charge in [0.05, 0.1) is 12.5 Å². The molecule has 0 bridgehead atoms. The summed E-state index contributed by atoms with van der Waals surface area (Å²) in [6.45, 7) is 7.49. The van der Waals surface area contributed by atoms with E-state index in [0.29, 0.717) is 12.5 Å². The molecule has 0 aromatic heterocycles. The molecule has 0 saturated heterocycles. The SMILES string of the molecule is COC1=CC[C@H](C(C)(C)C)C[C@]1(CCCN=[N+]=[N-])c1ccccc1. The van der Waals surface area contributed by atoms with E-state index in [1.54, 1.807) is 7.11 Å². The lowest BCUT2D eigenvalue weighted by Gasteiger charge is -2.45. The highest BCUT2D eigenvalue weighted by Gasteiger charge is 2.44. The molecule has 0 saturated carbocycles. The van der Waals surface area contributed by atoms with Crippen molar-refractivity contribution in [3.63, 3.8) is 0 Å². The van der Waals surface area contributed by atoms with Crippen LogP contribution < -0.4 is 0 Å². The van der Waals surface area contributed by atoms with Crippen LogP contribution in [0.2, 0.25) is 0 Å². The molecule has 0 aliphatic heterocycles. The van der Waals surface area contributed by atoms with Crippen molar-refractivity contribution in [1.82, 2.24) is 0 Å². The summed E-state index contributed by atoms with van der Waals surface area (Å²) < 4.78 is 5.84. The smallest absolute Gasteiger partial charge is 0.102 e. The molecule has 24 heavy (non-hydrogen) atoms. The third-order valence-corrected chi connectivity index (χ3v) is 5.35. The normalized spacial score (nSPS) is 24.0. The second kappa shape index (κ2) is 7.76. The average Bonchev–Trinajstić information content (AvgIpc) is 2.58. The molecule has 4 nitrogen and oxygen atoms in total. The van der Waals surface area contributed by atoms with E-state index in [-0.39, 0.29) is 10.8 Å². The molecule has 1 aliphatic carbocycles. The van der Waals surface area contributed by atoms with Gasteiger partial charge in [0.2, 0.25) is 0 Å². The first-order chi connectivity index (χ1) is 11.4. The Morgan fingerprint density at radius 1 is 1.29 bits per heavy atom. The maximum absolute atomic E-state index is 8.55. The Balaban J connectivity index is 2.43. The van der Waals surface area contributed by atoms with Gasteiger partial charge in [-0.2, -0.15) is 0 Å². The minimum atomic E-state index is -0.128. The van der Waals surface area contributed by atoms with Gasteiger partial charge in [0.15, 0.2) is 0 Å². The monoisotopic (exact) mass is 327 g/mol. The highest BCUT2D eigenvalue weighted by atomic mass is 16.5. The van der Waals surface area contributed by atoms with Crippen LogP contribution in [0, 0.1) is 11.3 Å². The zero-order valence-electron chi connectivity index (χ0n) is 15.3. The third kappa shape index (κ3) is 3.93. The van der Waals surface area contributed by atoms with Crippen LogP contribution in [0.15, 0.2) is 47.3 Å². The summed E-state index contributed by atoms with van der Waals surface area (Å²) in [5, 5.41) is 3.72. The predicted molar refractivity (Wildman–Crippen MR) is 98.6 cm³/mol. The Morgan fingerprint density at radius 3 is 2.58 bits per heavy atom. The van der Waals surface area contributed by atoms with Crippen LogP contribution in [0.4, 0.5) is 0 Å². The van der Waals surface area contributed by atoms with Gasteiger partial charge < -0.3 is 4.74 Å². The summed E-state index contributed by atoms with van der Waals surface area (Å²) in [6.07, 6.45) is 6.19. The fourth-order valence-electron chi connectivity index (χ4n) is 3.87. The summed E-state index contributed by atoms with van der Waals surface area (Å²) in [4.78, 5) is 2.89. The molecule has 0 fully saturated rings. The van der Waals surface area contributed by atoms with Gasteiger partial charge in [-0.15, -0.1) is 0 Å². The van der Waals surface area contributed by atoms with Gasteiger partial charge in [-0.05, 0) is 54.2 Å². The molecule has 4 heteroatoms. The van der Waals surface area contributed by atoms with Crippen molar-refractivity contribution in [3.8, 4) is 0 Å². The molecule has 0 heterocycles. The number of allylic oxidation sites excluding steroid dienone is 2. The minimum absolute atomic E-state index is 0.128. The largest absolute Gasteiger partial charge is 0.500 e. The number of methoxy groups -OCH3 is 1. The van der Waals surface area contributed by atoms with Crippen molar-refractivity contribution in [2.24, 2.45) is 16.4 Å². The lowest BCUT2D eigenvalue weighted by atomic mass is 9.61. The summed E-state index contributed by atoms with van der Waals surface area (Å²) in [5.41, 5.74) is 9.98. The summed E-state index contributed by atoms with van der Waals surface area (Å²) in [5.74, 6) is 1.66. The first-order valence-electron chi connectivity index (χ1n) is 8.75. The molecule has 2 atom stereocenters. The van der Waals surface area contributed by atoms with Crippen LogP contribution in [-0.4, -0.2) is 13.7 Å². The zero-order valence-corrected chi connectivity index (χ0v) is 15.3.